The van der Waals surface area contributed by atoms with Crippen molar-refractivity contribution in [2.24, 2.45) is 5.92 Å². The Morgan fingerprint density at radius 3 is 2.46 bits per heavy atom. The zero-order valence-electron chi connectivity index (χ0n) is 20.2. The van der Waals surface area contributed by atoms with Crippen LogP contribution in [-0.4, -0.2) is 31.7 Å². The second kappa shape index (κ2) is 9.40. The molecule has 35 heavy (non-hydrogen) atoms. The second-order valence-electron chi connectivity index (χ2n) is 9.66. The Labute approximate surface area is 202 Å². The Balaban J connectivity index is 1.72. The normalized spacial score (nSPS) is 17.5. The molecule has 0 bridgehead atoms. The molecule has 2 atom stereocenters. The first kappa shape index (κ1) is 26.9. The van der Waals surface area contributed by atoms with Crippen molar-refractivity contribution in [1.29, 1.82) is 0 Å². The Bertz CT molecular complexity index is 1240. The van der Waals surface area contributed by atoms with Crippen LogP contribution in [0.4, 0.5) is 23.2 Å². The van der Waals surface area contributed by atoms with Crippen molar-refractivity contribution in [3.63, 3.8) is 0 Å². The molecular weight excluding hydrogens is 486 g/mol. The SMILES string of the molecule is Cc1cc(C(C)NC(=O)C2CCc3nc(C(C)(C)C(F)(F)F)ccc3C2)c(F)cc1NS(C)(=O)=O. The first-order chi connectivity index (χ1) is 16.0. The summed E-state index contributed by atoms with van der Waals surface area (Å²) in [6.07, 6.45) is -2.37. The Morgan fingerprint density at radius 2 is 1.86 bits per heavy atom. The van der Waals surface area contributed by atoms with Gasteiger partial charge in [-0.05, 0) is 76.3 Å². The van der Waals surface area contributed by atoms with Gasteiger partial charge in [0.1, 0.15) is 11.2 Å². The highest BCUT2D eigenvalue weighted by molar-refractivity contribution is 7.92. The van der Waals surface area contributed by atoms with Crippen LogP contribution in [0, 0.1) is 18.7 Å². The van der Waals surface area contributed by atoms with Crippen LogP contribution in [0.1, 0.15) is 61.3 Å². The molecule has 1 aliphatic carbocycles. The maximum Gasteiger partial charge on any atom is 0.399 e. The summed E-state index contributed by atoms with van der Waals surface area (Å²) in [5, 5.41) is 2.80. The summed E-state index contributed by atoms with van der Waals surface area (Å²) in [5.74, 6) is -1.38. The molecule has 0 spiro atoms. The molecule has 1 aromatic heterocycles. The number of alkyl halides is 3. The molecule has 11 heteroatoms. The molecule has 0 aliphatic heterocycles. The van der Waals surface area contributed by atoms with E-state index in [9.17, 15) is 30.8 Å². The number of aromatic nitrogens is 1. The Kier molecular flexibility index (Phi) is 7.23. The molecule has 0 saturated heterocycles. The van der Waals surface area contributed by atoms with E-state index in [2.05, 4.69) is 15.0 Å². The first-order valence-corrected chi connectivity index (χ1v) is 13.0. The minimum atomic E-state index is -4.44. The van der Waals surface area contributed by atoms with Gasteiger partial charge in [0.2, 0.25) is 15.9 Å². The fourth-order valence-corrected chi connectivity index (χ4v) is 4.70. The number of nitrogens with one attached hydrogen (secondary N) is 2. The molecule has 0 fully saturated rings. The number of anilines is 1. The lowest BCUT2D eigenvalue weighted by molar-refractivity contribution is -0.181. The Morgan fingerprint density at radius 1 is 1.20 bits per heavy atom. The van der Waals surface area contributed by atoms with Crippen LogP contribution in [0.2, 0.25) is 0 Å². The number of hydrogen-bond acceptors (Lipinski definition) is 4. The standard InChI is InChI=1S/C24H29F4N3O3S/c1-13-10-17(18(25)12-20(13)31-35(5,33)34)14(2)29-22(32)16-6-8-19-15(11-16)7-9-21(30-19)23(3,4)24(26,27)28/h7,9-10,12,14,16,31H,6,8,11H2,1-5H3,(H,29,32). The molecule has 0 radical (unpaired) electrons. The number of hydrogen-bond donors (Lipinski definition) is 2. The van der Waals surface area contributed by atoms with Crippen molar-refractivity contribution in [2.45, 2.75) is 64.6 Å². The lowest BCUT2D eigenvalue weighted by Crippen LogP contribution is -2.38. The van der Waals surface area contributed by atoms with Crippen LogP contribution in [0.25, 0.3) is 0 Å². The summed E-state index contributed by atoms with van der Waals surface area (Å²) in [6, 6.07) is 4.85. The molecule has 2 N–H and O–H groups in total. The van der Waals surface area contributed by atoms with Gasteiger partial charge in [0.05, 0.1) is 23.7 Å². The minimum absolute atomic E-state index is 0.0556. The highest BCUT2D eigenvalue weighted by Crippen LogP contribution is 2.40. The van der Waals surface area contributed by atoms with Crippen LogP contribution >= 0.6 is 0 Å². The largest absolute Gasteiger partial charge is 0.399 e. The van der Waals surface area contributed by atoms with Crippen molar-refractivity contribution in [3.8, 4) is 0 Å². The number of aryl methyl sites for hydroxylation is 2. The van der Waals surface area contributed by atoms with Gasteiger partial charge in [0.15, 0.2) is 0 Å². The number of nitrogens with zero attached hydrogens (tertiary/aromatic N) is 1. The molecule has 3 rings (SSSR count). The summed E-state index contributed by atoms with van der Waals surface area (Å²) in [6.45, 7) is 5.44. The van der Waals surface area contributed by atoms with Crippen molar-refractivity contribution >= 4 is 21.6 Å². The van der Waals surface area contributed by atoms with Gasteiger partial charge in [0, 0.05) is 17.2 Å². The lowest BCUT2D eigenvalue weighted by atomic mass is 9.83. The first-order valence-electron chi connectivity index (χ1n) is 11.1. The van der Waals surface area contributed by atoms with Crippen LogP contribution in [-0.2, 0) is 33.1 Å². The minimum Gasteiger partial charge on any atom is -0.349 e. The lowest BCUT2D eigenvalue weighted by Gasteiger charge is -2.30. The number of fused-ring (bicyclic) bond motifs is 1. The van der Waals surface area contributed by atoms with Gasteiger partial charge < -0.3 is 5.32 Å². The van der Waals surface area contributed by atoms with Crippen molar-refractivity contribution in [3.05, 3.63) is 58.2 Å². The highest BCUT2D eigenvalue weighted by atomic mass is 32.2. The van der Waals surface area contributed by atoms with E-state index in [4.69, 9.17) is 0 Å². The topological polar surface area (TPSA) is 88.2 Å². The van der Waals surface area contributed by atoms with Crippen LogP contribution in [0.3, 0.4) is 0 Å². The molecule has 1 aliphatic rings. The number of carbonyl (C=O) groups excluding carboxylic acids is 1. The van der Waals surface area contributed by atoms with E-state index in [-0.39, 0.29) is 22.9 Å². The number of rotatable bonds is 6. The van der Waals surface area contributed by atoms with E-state index in [1.54, 1.807) is 19.9 Å². The second-order valence-corrected chi connectivity index (χ2v) is 11.4. The van der Waals surface area contributed by atoms with E-state index in [1.165, 1.54) is 12.1 Å². The fourth-order valence-electron chi connectivity index (χ4n) is 4.08. The number of amides is 1. The van der Waals surface area contributed by atoms with Crippen molar-refractivity contribution in [1.82, 2.24) is 10.3 Å². The number of sulfonamides is 1. The molecule has 192 valence electrons. The third-order valence-corrected chi connectivity index (χ3v) is 7.04. The Hall–Kier alpha value is -2.69. The third kappa shape index (κ3) is 5.94. The third-order valence-electron chi connectivity index (χ3n) is 6.45. The molecule has 6 nitrogen and oxygen atoms in total. The van der Waals surface area contributed by atoms with E-state index in [1.807, 2.05) is 0 Å². The molecular formula is C24H29F4N3O3S. The van der Waals surface area contributed by atoms with Gasteiger partial charge in [-0.1, -0.05) is 6.07 Å². The van der Waals surface area contributed by atoms with Gasteiger partial charge >= 0.3 is 6.18 Å². The number of pyridine rings is 1. The number of benzene rings is 1. The van der Waals surface area contributed by atoms with E-state index >= 15 is 0 Å². The zero-order valence-corrected chi connectivity index (χ0v) is 21.0. The van der Waals surface area contributed by atoms with Gasteiger partial charge in [-0.15, -0.1) is 0 Å². The zero-order chi connectivity index (χ0) is 26.3. The van der Waals surface area contributed by atoms with Gasteiger partial charge in [-0.2, -0.15) is 13.2 Å². The quantitative estimate of drug-likeness (QED) is 0.545. The average Bonchev–Trinajstić information content (AvgIpc) is 2.73. The maximum atomic E-state index is 14.7. The van der Waals surface area contributed by atoms with E-state index in [0.29, 0.717) is 30.5 Å². The van der Waals surface area contributed by atoms with E-state index in [0.717, 1.165) is 31.7 Å². The summed E-state index contributed by atoms with van der Waals surface area (Å²) >= 11 is 0. The predicted molar refractivity (Wildman–Crippen MR) is 125 cm³/mol. The van der Waals surface area contributed by atoms with E-state index < -0.39 is 39.4 Å². The predicted octanol–water partition coefficient (Wildman–Crippen LogP) is 4.72. The molecule has 1 heterocycles. The molecule has 2 unspecified atom stereocenters. The molecule has 1 amide bonds. The number of halogens is 4. The van der Waals surface area contributed by atoms with Gasteiger partial charge in [-0.25, -0.2) is 12.8 Å². The smallest absolute Gasteiger partial charge is 0.349 e. The highest BCUT2D eigenvalue weighted by Gasteiger charge is 2.49. The summed E-state index contributed by atoms with van der Waals surface area (Å²) in [4.78, 5) is 17.2. The van der Waals surface area contributed by atoms with Crippen molar-refractivity contribution < 1.29 is 30.8 Å². The van der Waals surface area contributed by atoms with Gasteiger partial charge in [0.25, 0.3) is 0 Å². The molecule has 1 aromatic carbocycles. The summed E-state index contributed by atoms with van der Waals surface area (Å²) < 4.78 is 80.0. The van der Waals surface area contributed by atoms with Crippen molar-refractivity contribution in [2.75, 3.05) is 11.0 Å². The van der Waals surface area contributed by atoms with Crippen LogP contribution < -0.4 is 10.0 Å². The maximum absolute atomic E-state index is 14.7. The molecule has 0 saturated carbocycles. The van der Waals surface area contributed by atoms with Crippen LogP contribution in [0.5, 0.6) is 0 Å². The summed E-state index contributed by atoms with van der Waals surface area (Å²) in [5.41, 5.74) is -0.0107. The molecule has 2 aromatic rings. The monoisotopic (exact) mass is 515 g/mol. The van der Waals surface area contributed by atoms with Crippen LogP contribution in [0.15, 0.2) is 24.3 Å². The average molecular weight is 516 g/mol. The fraction of sp³-hybridized carbons (Fsp3) is 0.500. The summed E-state index contributed by atoms with van der Waals surface area (Å²) in [7, 11) is -3.57. The number of carbonyl (C=O) groups is 1. The van der Waals surface area contributed by atoms with Gasteiger partial charge in [-0.3, -0.25) is 14.5 Å².